The van der Waals surface area contributed by atoms with Crippen molar-refractivity contribution < 1.29 is 17.5 Å². The number of hydrogen-bond donors (Lipinski definition) is 2. The molecule has 5 rings (SSSR count). The van der Waals surface area contributed by atoms with Crippen molar-refractivity contribution in [1.82, 2.24) is 25.3 Å². The Labute approximate surface area is 252 Å². The third-order valence-corrected chi connectivity index (χ3v) is 8.55. The number of fused-ring (bicyclic) bond motifs is 1. The van der Waals surface area contributed by atoms with Crippen molar-refractivity contribution in [2.24, 2.45) is 0 Å². The highest BCUT2D eigenvalue weighted by Gasteiger charge is 2.17. The third kappa shape index (κ3) is 7.57. The number of halogens is 2. The number of benzene rings is 2. The molecule has 0 spiro atoms. The van der Waals surface area contributed by atoms with Gasteiger partial charge in [-0.05, 0) is 48.4 Å². The predicted molar refractivity (Wildman–Crippen MR) is 165 cm³/mol. The molecule has 0 aliphatic carbocycles. The van der Waals surface area contributed by atoms with E-state index in [1.54, 1.807) is 30.5 Å². The average Bonchev–Trinajstić information content (AvgIpc) is 3.45. The Bertz CT molecular complexity index is 1820. The largest absolute Gasteiger partial charge is 0.487 e. The van der Waals surface area contributed by atoms with Crippen molar-refractivity contribution in [3.8, 4) is 17.1 Å². The number of ether oxygens (including phenoxy) is 1. The Morgan fingerprint density at radius 2 is 1.95 bits per heavy atom. The first-order valence-corrected chi connectivity index (χ1v) is 16.4. The van der Waals surface area contributed by atoms with E-state index < -0.39 is 9.84 Å². The highest BCUT2D eigenvalue weighted by Crippen LogP contribution is 2.32. The van der Waals surface area contributed by atoms with Gasteiger partial charge in [0.2, 0.25) is 0 Å². The van der Waals surface area contributed by atoms with Crippen molar-refractivity contribution in [3.05, 3.63) is 87.8 Å². The molecule has 3 heterocycles. The maximum atomic E-state index is 13.5. The molecule has 1 atom stereocenters. The summed E-state index contributed by atoms with van der Waals surface area (Å²) in [5.41, 5.74) is 3.41. The fourth-order valence-electron chi connectivity index (χ4n) is 4.21. The van der Waals surface area contributed by atoms with Gasteiger partial charge in [0, 0.05) is 29.3 Å². The van der Waals surface area contributed by atoms with Crippen molar-refractivity contribution in [3.63, 3.8) is 0 Å². The van der Waals surface area contributed by atoms with Gasteiger partial charge in [-0.25, -0.2) is 27.8 Å². The Morgan fingerprint density at radius 3 is 2.71 bits per heavy atom. The van der Waals surface area contributed by atoms with Gasteiger partial charge in [-0.2, -0.15) is 0 Å². The summed E-state index contributed by atoms with van der Waals surface area (Å²) in [5, 5.41) is 10.5. The van der Waals surface area contributed by atoms with Crippen LogP contribution in [0.2, 0.25) is 5.02 Å². The molecule has 0 saturated heterocycles. The van der Waals surface area contributed by atoms with Gasteiger partial charge in [0.05, 0.1) is 39.9 Å². The highest BCUT2D eigenvalue weighted by molar-refractivity contribution is 7.90. The molecule has 42 heavy (non-hydrogen) atoms. The third-order valence-electron chi connectivity index (χ3n) is 6.35. The second kappa shape index (κ2) is 13.1. The quantitative estimate of drug-likeness (QED) is 0.163. The molecule has 3 aromatic heterocycles. The molecule has 2 aromatic carbocycles. The van der Waals surface area contributed by atoms with Crippen molar-refractivity contribution in [2.45, 2.75) is 26.0 Å². The number of pyridine rings is 1. The molecule has 2 N–H and O–H groups in total. The van der Waals surface area contributed by atoms with Crippen molar-refractivity contribution >= 4 is 55.2 Å². The highest BCUT2D eigenvalue weighted by atomic mass is 35.5. The summed E-state index contributed by atoms with van der Waals surface area (Å²) < 4.78 is 42.2. The van der Waals surface area contributed by atoms with E-state index >= 15 is 0 Å². The number of sulfone groups is 1. The number of thiazole rings is 1. The topological polar surface area (TPSA) is 119 Å². The molecule has 9 nitrogen and oxygen atoms in total. The standard InChI is InChI=1S/C29H28ClFN6O3S2/c1-3-23(32-9-10-42(2,38)39)29-37-26(16-41-29)24-13-21-25(14-33-24)34-17-35-28(21)36-20-7-8-27(22(30)12-20)40-15-18-5-4-6-19(31)11-18/h4-8,11-14,16-17,23,32H,3,9-10,15H2,1-2H3,(H,34,35,36). The molecule has 218 valence electrons. The van der Waals surface area contributed by atoms with Gasteiger partial charge in [0.15, 0.2) is 0 Å². The van der Waals surface area contributed by atoms with Crippen molar-refractivity contribution in [2.75, 3.05) is 23.9 Å². The first kappa shape index (κ1) is 29.8. The SMILES string of the molecule is CCC(NCCS(C)(=O)=O)c1nc(-c2cc3c(Nc4ccc(OCc5cccc(F)c5)c(Cl)c4)ncnc3cn2)cs1. The summed E-state index contributed by atoms with van der Waals surface area (Å²) >= 11 is 7.98. The lowest BCUT2D eigenvalue weighted by Gasteiger charge is -2.13. The fourth-order valence-corrected chi connectivity index (χ4v) is 5.90. The van der Waals surface area contributed by atoms with Crippen LogP contribution >= 0.6 is 22.9 Å². The fraction of sp³-hybridized carbons (Fsp3) is 0.241. The summed E-state index contributed by atoms with van der Waals surface area (Å²) in [5.74, 6) is 0.787. The van der Waals surface area contributed by atoms with Gasteiger partial charge in [-0.15, -0.1) is 11.3 Å². The van der Waals surface area contributed by atoms with Gasteiger partial charge in [0.1, 0.15) is 45.2 Å². The molecule has 0 aliphatic rings. The predicted octanol–water partition coefficient (Wildman–Crippen LogP) is 6.35. The smallest absolute Gasteiger partial charge is 0.148 e. The number of aromatic nitrogens is 4. The van der Waals surface area contributed by atoms with Crippen LogP contribution in [-0.2, 0) is 16.4 Å². The monoisotopic (exact) mass is 626 g/mol. The van der Waals surface area contributed by atoms with Crippen molar-refractivity contribution in [1.29, 1.82) is 0 Å². The minimum atomic E-state index is -3.05. The maximum absolute atomic E-state index is 13.5. The summed E-state index contributed by atoms with van der Waals surface area (Å²) in [4.78, 5) is 18.1. The number of nitrogens with one attached hydrogen (secondary N) is 2. The molecule has 0 aliphatic heterocycles. The van der Waals surface area contributed by atoms with Crippen LogP contribution < -0.4 is 15.4 Å². The molecule has 0 radical (unpaired) electrons. The van der Waals surface area contributed by atoms with Gasteiger partial charge in [0.25, 0.3) is 0 Å². The van der Waals surface area contributed by atoms with E-state index in [9.17, 15) is 12.8 Å². The Morgan fingerprint density at radius 1 is 1.10 bits per heavy atom. The molecule has 5 aromatic rings. The molecular formula is C29H28ClFN6O3S2. The zero-order valence-electron chi connectivity index (χ0n) is 22.8. The minimum absolute atomic E-state index is 0.0583. The van der Waals surface area contributed by atoms with Crippen LogP contribution in [0, 0.1) is 5.82 Å². The van der Waals surface area contributed by atoms with Gasteiger partial charge < -0.3 is 15.4 Å². The molecule has 0 amide bonds. The lowest BCUT2D eigenvalue weighted by atomic mass is 10.2. The molecule has 0 bridgehead atoms. The van der Waals surface area contributed by atoms with E-state index in [0.29, 0.717) is 51.3 Å². The Hall–Kier alpha value is -3.71. The molecular weight excluding hydrogens is 599 g/mol. The van der Waals surface area contributed by atoms with Crippen LogP contribution in [0.4, 0.5) is 15.9 Å². The second-order valence-corrected chi connectivity index (χ2v) is 13.2. The number of nitrogens with zero attached hydrogens (tertiary/aromatic N) is 4. The first-order valence-electron chi connectivity index (χ1n) is 13.1. The first-order chi connectivity index (χ1) is 20.2. The normalized spacial score (nSPS) is 12.4. The van der Waals surface area contributed by atoms with Gasteiger partial charge >= 0.3 is 0 Å². The maximum Gasteiger partial charge on any atom is 0.148 e. The van der Waals surface area contributed by atoms with E-state index in [1.807, 2.05) is 24.4 Å². The Kier molecular flexibility index (Phi) is 9.27. The van der Waals surface area contributed by atoms with Crippen LogP contribution in [0.1, 0.15) is 30.0 Å². The summed E-state index contributed by atoms with van der Waals surface area (Å²) in [6.07, 6.45) is 5.12. The lowest BCUT2D eigenvalue weighted by Crippen LogP contribution is -2.26. The van der Waals surface area contributed by atoms with E-state index in [2.05, 4.69) is 25.6 Å². The zero-order valence-corrected chi connectivity index (χ0v) is 25.2. The second-order valence-electron chi connectivity index (χ2n) is 9.61. The number of hydrogen-bond acceptors (Lipinski definition) is 10. The van der Waals surface area contributed by atoms with Gasteiger partial charge in [-0.3, -0.25) is 4.98 Å². The number of rotatable bonds is 12. The van der Waals surface area contributed by atoms with Crippen LogP contribution in [0.15, 0.2) is 66.4 Å². The number of anilines is 2. The average molecular weight is 627 g/mol. The molecule has 1 unspecified atom stereocenters. The van der Waals surface area contributed by atoms with Crippen LogP contribution in [0.25, 0.3) is 22.3 Å². The summed E-state index contributed by atoms with van der Waals surface area (Å²) in [7, 11) is -3.05. The van der Waals surface area contributed by atoms with E-state index in [4.69, 9.17) is 21.3 Å². The van der Waals surface area contributed by atoms with E-state index in [0.717, 1.165) is 16.8 Å². The molecule has 13 heteroatoms. The minimum Gasteiger partial charge on any atom is -0.487 e. The lowest BCUT2D eigenvalue weighted by molar-refractivity contribution is 0.306. The molecule has 0 saturated carbocycles. The van der Waals surface area contributed by atoms with Crippen LogP contribution in [0.3, 0.4) is 0 Å². The van der Waals surface area contributed by atoms with Crippen LogP contribution in [0.5, 0.6) is 5.75 Å². The van der Waals surface area contributed by atoms with E-state index in [-0.39, 0.29) is 24.2 Å². The Balaban J connectivity index is 1.32. The summed E-state index contributed by atoms with van der Waals surface area (Å²) in [6, 6.07) is 13.3. The zero-order chi connectivity index (χ0) is 29.7. The van der Waals surface area contributed by atoms with Crippen LogP contribution in [-0.4, -0.2) is 46.9 Å². The van der Waals surface area contributed by atoms with E-state index in [1.165, 1.54) is 36.1 Å². The summed E-state index contributed by atoms with van der Waals surface area (Å²) in [6.45, 7) is 2.57. The molecule has 0 fully saturated rings. The van der Waals surface area contributed by atoms with Gasteiger partial charge in [-0.1, -0.05) is 30.7 Å².